The standard InChI is InChI=1S/C16H25NO3/c1-16(2,3)17(4)10-11-20-15(18)12-13-6-8-14(19-5)9-7-13/h6-9H,10-12H2,1-5H3/p+1. The Labute approximate surface area is 121 Å². The number of benzene rings is 1. The van der Waals surface area contributed by atoms with E-state index in [9.17, 15) is 4.79 Å². The number of carbonyl (C=O) groups is 1. The molecule has 0 fully saturated rings. The Bertz CT molecular complexity index is 420. The molecule has 0 spiro atoms. The van der Waals surface area contributed by atoms with Crippen LogP contribution in [0.1, 0.15) is 26.3 Å². The highest BCUT2D eigenvalue weighted by molar-refractivity contribution is 5.72. The lowest BCUT2D eigenvalue weighted by Gasteiger charge is -2.28. The normalized spacial score (nSPS) is 12.8. The van der Waals surface area contributed by atoms with E-state index in [1.807, 2.05) is 24.3 Å². The first-order valence-electron chi connectivity index (χ1n) is 6.94. The van der Waals surface area contributed by atoms with Crippen LogP contribution < -0.4 is 9.64 Å². The van der Waals surface area contributed by atoms with Gasteiger partial charge in [-0.3, -0.25) is 4.79 Å². The van der Waals surface area contributed by atoms with E-state index in [0.29, 0.717) is 13.0 Å². The fraction of sp³-hybridized carbons (Fsp3) is 0.562. The summed E-state index contributed by atoms with van der Waals surface area (Å²) in [7, 11) is 3.73. The van der Waals surface area contributed by atoms with Gasteiger partial charge in [0.15, 0.2) is 0 Å². The minimum atomic E-state index is -0.183. The van der Waals surface area contributed by atoms with Crippen molar-refractivity contribution in [3.8, 4) is 5.75 Å². The summed E-state index contributed by atoms with van der Waals surface area (Å²) in [5.74, 6) is 0.606. The summed E-state index contributed by atoms with van der Waals surface area (Å²) in [5.41, 5.74) is 1.11. The van der Waals surface area contributed by atoms with E-state index in [4.69, 9.17) is 9.47 Å². The highest BCUT2D eigenvalue weighted by Gasteiger charge is 2.20. The van der Waals surface area contributed by atoms with Gasteiger partial charge in [-0.1, -0.05) is 12.1 Å². The molecule has 1 aromatic carbocycles. The van der Waals surface area contributed by atoms with Crippen molar-refractivity contribution in [3.63, 3.8) is 0 Å². The molecule has 0 radical (unpaired) electrons. The fourth-order valence-electron chi connectivity index (χ4n) is 1.65. The van der Waals surface area contributed by atoms with Crippen molar-refractivity contribution in [2.75, 3.05) is 27.3 Å². The third-order valence-corrected chi connectivity index (χ3v) is 3.53. The van der Waals surface area contributed by atoms with E-state index in [0.717, 1.165) is 17.9 Å². The molecule has 0 heterocycles. The second-order valence-electron chi connectivity index (χ2n) is 6.03. The molecule has 0 aliphatic carbocycles. The van der Waals surface area contributed by atoms with E-state index < -0.39 is 0 Å². The van der Waals surface area contributed by atoms with Crippen LogP contribution in [0, 0.1) is 0 Å². The van der Waals surface area contributed by atoms with Crippen molar-refractivity contribution in [1.29, 1.82) is 0 Å². The molecule has 1 rings (SSSR count). The van der Waals surface area contributed by atoms with Crippen LogP contribution in [0.3, 0.4) is 0 Å². The van der Waals surface area contributed by atoms with Gasteiger partial charge in [-0.2, -0.15) is 0 Å². The van der Waals surface area contributed by atoms with Crippen molar-refractivity contribution >= 4 is 5.97 Å². The number of hydrogen-bond donors (Lipinski definition) is 1. The zero-order valence-corrected chi connectivity index (χ0v) is 13.2. The van der Waals surface area contributed by atoms with Gasteiger partial charge in [0.05, 0.1) is 26.1 Å². The van der Waals surface area contributed by atoms with Gasteiger partial charge in [-0.15, -0.1) is 0 Å². The third-order valence-electron chi connectivity index (χ3n) is 3.53. The van der Waals surface area contributed by atoms with Crippen LogP contribution in [0.4, 0.5) is 0 Å². The maximum atomic E-state index is 11.7. The van der Waals surface area contributed by atoms with Crippen LogP contribution in [0.15, 0.2) is 24.3 Å². The number of ether oxygens (including phenoxy) is 2. The van der Waals surface area contributed by atoms with E-state index in [-0.39, 0.29) is 11.5 Å². The molecule has 0 amide bonds. The van der Waals surface area contributed by atoms with E-state index in [2.05, 4.69) is 27.8 Å². The summed E-state index contributed by atoms with van der Waals surface area (Å²) < 4.78 is 10.4. The van der Waals surface area contributed by atoms with Gasteiger partial charge in [-0.05, 0) is 38.5 Å². The van der Waals surface area contributed by atoms with Gasteiger partial charge >= 0.3 is 5.97 Å². The molecule has 1 aromatic rings. The molecule has 0 saturated carbocycles. The van der Waals surface area contributed by atoms with E-state index in [1.54, 1.807) is 7.11 Å². The molecule has 0 aliphatic rings. The second kappa shape index (κ2) is 7.29. The number of carbonyl (C=O) groups excluding carboxylic acids is 1. The number of rotatable bonds is 6. The summed E-state index contributed by atoms with van der Waals surface area (Å²) in [6, 6.07) is 7.46. The molecule has 4 heteroatoms. The van der Waals surface area contributed by atoms with Gasteiger partial charge in [0.2, 0.25) is 0 Å². The minimum absolute atomic E-state index is 0.169. The molecule has 0 bridgehead atoms. The van der Waals surface area contributed by atoms with E-state index in [1.165, 1.54) is 4.90 Å². The third kappa shape index (κ3) is 5.61. The highest BCUT2D eigenvalue weighted by atomic mass is 16.5. The maximum absolute atomic E-state index is 11.7. The lowest BCUT2D eigenvalue weighted by molar-refractivity contribution is -0.927. The van der Waals surface area contributed by atoms with Crippen molar-refractivity contribution in [2.24, 2.45) is 0 Å². The monoisotopic (exact) mass is 280 g/mol. The summed E-state index contributed by atoms with van der Waals surface area (Å²) in [6.07, 6.45) is 0.304. The van der Waals surface area contributed by atoms with Crippen LogP contribution >= 0.6 is 0 Å². The Hall–Kier alpha value is -1.55. The molecule has 1 N–H and O–H groups in total. The van der Waals surface area contributed by atoms with Gasteiger partial charge in [0.25, 0.3) is 0 Å². The Balaban J connectivity index is 2.33. The summed E-state index contributed by atoms with van der Waals surface area (Å²) in [6.45, 7) is 7.78. The number of esters is 1. The van der Waals surface area contributed by atoms with Gasteiger partial charge in [0.1, 0.15) is 18.9 Å². The van der Waals surface area contributed by atoms with Crippen LogP contribution in [-0.2, 0) is 16.0 Å². The average molecular weight is 280 g/mol. The lowest BCUT2D eigenvalue weighted by Crippen LogP contribution is -3.16. The second-order valence-corrected chi connectivity index (χ2v) is 6.03. The molecule has 0 saturated heterocycles. The van der Waals surface area contributed by atoms with Gasteiger partial charge in [0, 0.05) is 0 Å². The smallest absolute Gasteiger partial charge is 0.310 e. The van der Waals surface area contributed by atoms with Gasteiger partial charge < -0.3 is 14.4 Å². The molecular formula is C16H26NO3+. The number of hydrogen-bond acceptors (Lipinski definition) is 3. The summed E-state index contributed by atoms with van der Waals surface area (Å²) >= 11 is 0. The summed E-state index contributed by atoms with van der Waals surface area (Å²) in [5, 5.41) is 0. The topological polar surface area (TPSA) is 40.0 Å². The highest BCUT2D eigenvalue weighted by Crippen LogP contribution is 2.11. The molecule has 4 nitrogen and oxygen atoms in total. The first-order chi connectivity index (χ1) is 9.32. The Morgan fingerprint density at radius 2 is 1.80 bits per heavy atom. The Kier molecular flexibility index (Phi) is 6.02. The first kappa shape index (κ1) is 16.5. The Morgan fingerprint density at radius 3 is 2.30 bits per heavy atom. The van der Waals surface area contributed by atoms with E-state index >= 15 is 0 Å². The molecule has 112 valence electrons. The largest absolute Gasteiger partial charge is 0.497 e. The molecule has 0 aliphatic heterocycles. The SMILES string of the molecule is COc1ccc(CC(=O)OCC[NH+](C)C(C)(C)C)cc1. The quantitative estimate of drug-likeness (QED) is 0.793. The number of quaternary nitrogens is 1. The Morgan fingerprint density at radius 1 is 1.20 bits per heavy atom. The van der Waals surface area contributed by atoms with Gasteiger partial charge in [-0.25, -0.2) is 0 Å². The first-order valence-corrected chi connectivity index (χ1v) is 6.94. The molecule has 1 unspecified atom stereocenters. The summed E-state index contributed by atoms with van der Waals surface area (Å²) in [4.78, 5) is 13.1. The molecular weight excluding hydrogens is 254 g/mol. The maximum Gasteiger partial charge on any atom is 0.310 e. The zero-order valence-electron chi connectivity index (χ0n) is 13.2. The minimum Gasteiger partial charge on any atom is -0.497 e. The van der Waals surface area contributed by atoms with Crippen molar-refractivity contribution in [1.82, 2.24) is 0 Å². The predicted octanol–water partition coefficient (Wildman–Crippen LogP) is 1.09. The lowest BCUT2D eigenvalue weighted by atomic mass is 10.1. The fourth-order valence-corrected chi connectivity index (χ4v) is 1.65. The van der Waals surface area contributed by atoms with Crippen LogP contribution in [0.5, 0.6) is 5.75 Å². The van der Waals surface area contributed by atoms with Crippen LogP contribution in [0.2, 0.25) is 0 Å². The molecule has 20 heavy (non-hydrogen) atoms. The number of likely N-dealkylation sites (N-methyl/N-ethyl adjacent to an activating group) is 1. The zero-order chi connectivity index (χ0) is 15.2. The number of nitrogens with one attached hydrogen (secondary N) is 1. The number of methoxy groups -OCH3 is 1. The van der Waals surface area contributed by atoms with Crippen LogP contribution in [0.25, 0.3) is 0 Å². The van der Waals surface area contributed by atoms with Crippen molar-refractivity contribution < 1.29 is 19.2 Å². The van der Waals surface area contributed by atoms with Crippen LogP contribution in [-0.4, -0.2) is 38.8 Å². The predicted molar refractivity (Wildman–Crippen MR) is 79.2 cm³/mol. The van der Waals surface area contributed by atoms with Crippen molar-refractivity contribution in [3.05, 3.63) is 29.8 Å². The van der Waals surface area contributed by atoms with Crippen molar-refractivity contribution in [2.45, 2.75) is 32.7 Å². The molecule has 0 aromatic heterocycles. The average Bonchev–Trinajstić information content (AvgIpc) is 2.38. The molecule has 1 atom stereocenters.